The highest BCUT2D eigenvalue weighted by atomic mass is 32.2. The van der Waals surface area contributed by atoms with Crippen molar-refractivity contribution in [3.05, 3.63) is 53.9 Å². The Labute approximate surface area is 123 Å². The monoisotopic (exact) mass is 301 g/mol. The first-order valence-electron chi connectivity index (χ1n) is 6.49. The van der Waals surface area contributed by atoms with E-state index in [1.807, 2.05) is 26.0 Å². The molecule has 0 aliphatic heterocycles. The molecule has 6 heteroatoms. The van der Waals surface area contributed by atoms with Gasteiger partial charge in [0, 0.05) is 5.69 Å². The number of nitrogens with one attached hydrogen (secondary N) is 2. The van der Waals surface area contributed by atoms with Gasteiger partial charge in [0.2, 0.25) is 0 Å². The second kappa shape index (κ2) is 4.89. The zero-order valence-electron chi connectivity index (χ0n) is 11.7. The molecule has 0 bridgehead atoms. The van der Waals surface area contributed by atoms with Crippen molar-refractivity contribution < 1.29 is 8.42 Å². The van der Waals surface area contributed by atoms with Crippen molar-refractivity contribution in [2.24, 2.45) is 0 Å². The summed E-state index contributed by atoms with van der Waals surface area (Å²) in [4.78, 5) is 7.19. The number of nitrogens with zero attached hydrogens (tertiary/aromatic N) is 1. The molecule has 0 atom stereocenters. The molecule has 5 nitrogen and oxygen atoms in total. The van der Waals surface area contributed by atoms with E-state index < -0.39 is 10.0 Å². The summed E-state index contributed by atoms with van der Waals surface area (Å²) in [7, 11) is -3.61. The van der Waals surface area contributed by atoms with Gasteiger partial charge in [-0.15, -0.1) is 0 Å². The summed E-state index contributed by atoms with van der Waals surface area (Å²) in [6.07, 6.45) is 1.54. The van der Waals surface area contributed by atoms with Gasteiger partial charge < -0.3 is 4.98 Å². The first-order chi connectivity index (χ1) is 9.95. The summed E-state index contributed by atoms with van der Waals surface area (Å²) < 4.78 is 27.4. The largest absolute Gasteiger partial charge is 0.345 e. The van der Waals surface area contributed by atoms with Crippen LogP contribution >= 0.6 is 0 Å². The SMILES string of the molecule is Cc1ccc(NS(=O)(=O)c2ccc3nc[nH]c3c2)cc1C. The fourth-order valence-electron chi connectivity index (χ4n) is 2.10. The lowest BCUT2D eigenvalue weighted by molar-refractivity contribution is 0.601. The minimum atomic E-state index is -3.61. The van der Waals surface area contributed by atoms with Gasteiger partial charge in [-0.2, -0.15) is 0 Å². The number of rotatable bonds is 3. The molecule has 0 aliphatic rings. The number of anilines is 1. The van der Waals surface area contributed by atoms with E-state index in [-0.39, 0.29) is 4.90 Å². The Balaban J connectivity index is 1.97. The molecule has 1 aromatic heterocycles. The molecule has 1 heterocycles. The van der Waals surface area contributed by atoms with E-state index >= 15 is 0 Å². The predicted octanol–water partition coefficient (Wildman–Crippen LogP) is 2.98. The molecular formula is C15H15N3O2S. The highest BCUT2D eigenvalue weighted by Gasteiger charge is 2.15. The lowest BCUT2D eigenvalue weighted by Crippen LogP contribution is -2.13. The van der Waals surface area contributed by atoms with Crippen molar-refractivity contribution in [3.8, 4) is 0 Å². The maximum Gasteiger partial charge on any atom is 0.261 e. The maximum absolute atomic E-state index is 12.4. The molecule has 0 aliphatic carbocycles. The number of sulfonamides is 1. The third kappa shape index (κ3) is 2.62. The molecule has 2 aromatic carbocycles. The van der Waals surface area contributed by atoms with E-state index in [2.05, 4.69) is 14.7 Å². The Hall–Kier alpha value is -2.34. The van der Waals surface area contributed by atoms with Crippen molar-refractivity contribution in [1.29, 1.82) is 0 Å². The van der Waals surface area contributed by atoms with E-state index in [1.165, 1.54) is 6.33 Å². The van der Waals surface area contributed by atoms with Gasteiger partial charge in [-0.05, 0) is 55.3 Å². The smallest absolute Gasteiger partial charge is 0.261 e. The quantitative estimate of drug-likeness (QED) is 0.781. The summed E-state index contributed by atoms with van der Waals surface area (Å²) in [6, 6.07) is 10.3. The number of fused-ring (bicyclic) bond motifs is 1. The topological polar surface area (TPSA) is 74.8 Å². The standard InChI is InChI=1S/C15H15N3O2S/c1-10-3-4-12(7-11(10)2)18-21(19,20)13-5-6-14-15(8-13)17-9-16-14/h3-9,18H,1-2H3,(H,16,17). The van der Waals surface area contributed by atoms with Crippen LogP contribution in [0.1, 0.15) is 11.1 Å². The maximum atomic E-state index is 12.4. The average molecular weight is 301 g/mol. The molecule has 0 fully saturated rings. The Morgan fingerprint density at radius 1 is 1.05 bits per heavy atom. The molecule has 108 valence electrons. The van der Waals surface area contributed by atoms with Crippen molar-refractivity contribution in [3.63, 3.8) is 0 Å². The van der Waals surface area contributed by atoms with Crippen LogP contribution in [0.5, 0.6) is 0 Å². The average Bonchev–Trinajstić information content (AvgIpc) is 2.90. The van der Waals surface area contributed by atoms with Gasteiger partial charge in [0.05, 0.1) is 22.3 Å². The molecule has 2 N–H and O–H groups in total. The first kappa shape index (κ1) is 13.6. The number of aromatic nitrogens is 2. The summed E-state index contributed by atoms with van der Waals surface area (Å²) in [5.41, 5.74) is 4.15. The minimum absolute atomic E-state index is 0.206. The molecule has 0 radical (unpaired) electrons. The van der Waals surface area contributed by atoms with Crippen LogP contribution in [0.25, 0.3) is 11.0 Å². The molecule has 0 saturated heterocycles. The minimum Gasteiger partial charge on any atom is -0.345 e. The molecule has 3 rings (SSSR count). The fraction of sp³-hybridized carbons (Fsp3) is 0.133. The third-order valence-electron chi connectivity index (χ3n) is 3.46. The molecule has 0 saturated carbocycles. The van der Waals surface area contributed by atoms with Gasteiger partial charge in [-0.3, -0.25) is 4.72 Å². The first-order valence-corrected chi connectivity index (χ1v) is 7.97. The van der Waals surface area contributed by atoms with Crippen LogP contribution in [-0.2, 0) is 10.0 Å². The van der Waals surface area contributed by atoms with E-state index in [1.54, 1.807) is 24.3 Å². The molecule has 0 spiro atoms. The Morgan fingerprint density at radius 3 is 2.62 bits per heavy atom. The molecule has 21 heavy (non-hydrogen) atoms. The normalized spacial score (nSPS) is 11.7. The Bertz CT molecular complexity index is 914. The number of H-pyrrole nitrogens is 1. The van der Waals surface area contributed by atoms with Crippen LogP contribution in [0.15, 0.2) is 47.6 Å². The Kier molecular flexibility index (Phi) is 3.17. The highest BCUT2D eigenvalue weighted by molar-refractivity contribution is 7.92. The van der Waals surface area contributed by atoms with Crippen molar-refractivity contribution in [2.75, 3.05) is 4.72 Å². The van der Waals surface area contributed by atoms with E-state index in [0.29, 0.717) is 11.2 Å². The van der Waals surface area contributed by atoms with Crippen LogP contribution < -0.4 is 4.72 Å². The van der Waals surface area contributed by atoms with Crippen molar-refractivity contribution >= 4 is 26.7 Å². The molecule has 3 aromatic rings. The van der Waals surface area contributed by atoms with E-state index in [9.17, 15) is 8.42 Å². The summed E-state index contributed by atoms with van der Waals surface area (Å²) in [6.45, 7) is 3.93. The predicted molar refractivity (Wildman–Crippen MR) is 82.8 cm³/mol. The second-order valence-corrected chi connectivity index (χ2v) is 6.67. The number of aryl methyl sites for hydroxylation is 2. The number of benzene rings is 2. The Morgan fingerprint density at radius 2 is 1.86 bits per heavy atom. The lowest BCUT2D eigenvalue weighted by atomic mass is 10.1. The number of aromatic amines is 1. The summed E-state index contributed by atoms with van der Waals surface area (Å²) in [5.74, 6) is 0. The van der Waals surface area contributed by atoms with Crippen LogP contribution in [0.2, 0.25) is 0 Å². The van der Waals surface area contributed by atoms with Crippen molar-refractivity contribution in [1.82, 2.24) is 9.97 Å². The van der Waals surface area contributed by atoms with Crippen LogP contribution in [0.4, 0.5) is 5.69 Å². The number of hydrogen-bond acceptors (Lipinski definition) is 3. The van der Waals surface area contributed by atoms with E-state index in [0.717, 1.165) is 16.6 Å². The summed E-state index contributed by atoms with van der Waals surface area (Å²) in [5, 5.41) is 0. The van der Waals surface area contributed by atoms with Crippen molar-refractivity contribution in [2.45, 2.75) is 18.7 Å². The zero-order chi connectivity index (χ0) is 15.0. The van der Waals surface area contributed by atoms with Gasteiger partial charge in [-0.25, -0.2) is 13.4 Å². The van der Waals surface area contributed by atoms with Crippen LogP contribution in [0.3, 0.4) is 0 Å². The van der Waals surface area contributed by atoms with Gasteiger partial charge >= 0.3 is 0 Å². The summed E-state index contributed by atoms with van der Waals surface area (Å²) >= 11 is 0. The van der Waals surface area contributed by atoms with Gasteiger partial charge in [0.15, 0.2) is 0 Å². The van der Waals surface area contributed by atoms with Gasteiger partial charge in [0.25, 0.3) is 10.0 Å². The van der Waals surface area contributed by atoms with E-state index in [4.69, 9.17) is 0 Å². The van der Waals surface area contributed by atoms with Gasteiger partial charge in [-0.1, -0.05) is 6.07 Å². The molecular weight excluding hydrogens is 286 g/mol. The highest BCUT2D eigenvalue weighted by Crippen LogP contribution is 2.21. The van der Waals surface area contributed by atoms with Crippen LogP contribution in [0, 0.1) is 13.8 Å². The lowest BCUT2D eigenvalue weighted by Gasteiger charge is -2.10. The van der Waals surface area contributed by atoms with Crippen LogP contribution in [-0.4, -0.2) is 18.4 Å². The molecule has 0 unspecified atom stereocenters. The molecule has 0 amide bonds. The zero-order valence-corrected chi connectivity index (χ0v) is 12.5. The fourth-order valence-corrected chi connectivity index (χ4v) is 3.18. The number of imidazole rings is 1. The number of hydrogen-bond donors (Lipinski definition) is 2. The second-order valence-electron chi connectivity index (χ2n) is 4.99. The third-order valence-corrected chi connectivity index (χ3v) is 4.84. The van der Waals surface area contributed by atoms with Gasteiger partial charge in [0.1, 0.15) is 0 Å².